The van der Waals surface area contributed by atoms with Crippen molar-refractivity contribution in [2.24, 2.45) is 0 Å². The minimum absolute atomic E-state index is 0.785. The number of ether oxygens (including phenoxy) is 1. The number of hydrogen-bond donors (Lipinski definition) is 0. The Morgan fingerprint density at radius 1 is 1.33 bits per heavy atom. The van der Waals surface area contributed by atoms with Crippen molar-refractivity contribution >= 4 is 6.08 Å². The van der Waals surface area contributed by atoms with E-state index in [1.54, 1.807) is 0 Å². The number of hydrogen-bond acceptors (Lipinski definition) is 1. The van der Waals surface area contributed by atoms with Gasteiger partial charge in [0.15, 0.2) is 0 Å². The third-order valence-corrected chi connectivity index (χ3v) is 1.59. The van der Waals surface area contributed by atoms with Crippen LogP contribution in [-0.2, 0) is 0 Å². The van der Waals surface area contributed by atoms with E-state index in [4.69, 9.17) is 4.74 Å². The van der Waals surface area contributed by atoms with Crippen molar-refractivity contribution in [1.82, 2.24) is 0 Å². The van der Waals surface area contributed by atoms with E-state index in [1.807, 2.05) is 30.3 Å². The molecule has 0 saturated heterocycles. The molecule has 0 aliphatic carbocycles. The Labute approximate surface area is 73.7 Å². The van der Waals surface area contributed by atoms with E-state index >= 15 is 0 Å². The molecule has 0 fully saturated rings. The van der Waals surface area contributed by atoms with Gasteiger partial charge in [-0.15, -0.1) is 0 Å². The van der Waals surface area contributed by atoms with Crippen molar-refractivity contribution < 1.29 is 4.74 Å². The van der Waals surface area contributed by atoms with Gasteiger partial charge in [0.1, 0.15) is 5.75 Å². The maximum absolute atomic E-state index is 5.42. The van der Waals surface area contributed by atoms with E-state index in [1.165, 1.54) is 0 Å². The van der Waals surface area contributed by atoms with Gasteiger partial charge in [-0.3, -0.25) is 0 Å². The van der Waals surface area contributed by atoms with Crippen molar-refractivity contribution in [1.29, 1.82) is 0 Å². The molecule has 0 bridgehead atoms. The molecule has 64 valence electrons. The molecule has 1 nitrogen and oxygen atoms in total. The molecular weight excluding hydrogens is 148 g/mol. The fourth-order valence-corrected chi connectivity index (χ4v) is 0.920. The fraction of sp³-hybridized carbons (Fsp3) is 0.273. The summed E-state index contributed by atoms with van der Waals surface area (Å²) in [6.45, 7) is 6.56. The lowest BCUT2D eigenvalue weighted by atomic mass is 10.2. The molecule has 0 atom stereocenters. The van der Waals surface area contributed by atoms with Crippen LogP contribution in [0.25, 0.3) is 6.08 Å². The highest BCUT2D eigenvalue weighted by molar-refractivity contribution is 5.48. The molecule has 0 radical (unpaired) electrons. The molecule has 0 aliphatic heterocycles. The maximum Gasteiger partial charge on any atom is 0.119 e. The molecule has 1 heteroatoms. The van der Waals surface area contributed by atoms with Gasteiger partial charge in [-0.05, 0) is 24.1 Å². The van der Waals surface area contributed by atoms with Gasteiger partial charge in [-0.1, -0.05) is 31.7 Å². The van der Waals surface area contributed by atoms with Gasteiger partial charge in [0.05, 0.1) is 6.61 Å². The zero-order valence-corrected chi connectivity index (χ0v) is 7.42. The first-order valence-electron chi connectivity index (χ1n) is 4.22. The Bertz CT molecular complexity index is 236. The molecule has 0 aliphatic rings. The minimum atomic E-state index is 0.785. The highest BCUT2D eigenvalue weighted by Gasteiger charge is 1.90. The van der Waals surface area contributed by atoms with Gasteiger partial charge in [-0.25, -0.2) is 0 Å². The summed E-state index contributed by atoms with van der Waals surface area (Å²) >= 11 is 0. The topological polar surface area (TPSA) is 9.23 Å². The van der Waals surface area contributed by atoms with Crippen LogP contribution in [0.2, 0.25) is 0 Å². The van der Waals surface area contributed by atoms with Crippen LogP contribution in [0.5, 0.6) is 5.75 Å². The van der Waals surface area contributed by atoms with Gasteiger partial charge < -0.3 is 4.74 Å². The molecule has 1 rings (SSSR count). The molecule has 12 heavy (non-hydrogen) atoms. The second kappa shape index (κ2) is 4.60. The van der Waals surface area contributed by atoms with Crippen molar-refractivity contribution in [2.45, 2.75) is 13.3 Å². The van der Waals surface area contributed by atoms with Crippen LogP contribution in [0.3, 0.4) is 0 Å². The Balaban J connectivity index is 2.58. The third-order valence-electron chi connectivity index (χ3n) is 1.59. The van der Waals surface area contributed by atoms with Crippen molar-refractivity contribution in [2.75, 3.05) is 6.61 Å². The summed E-state index contributed by atoms with van der Waals surface area (Å²) in [7, 11) is 0. The molecule has 0 amide bonds. The van der Waals surface area contributed by atoms with Crippen LogP contribution in [0.15, 0.2) is 30.8 Å². The minimum Gasteiger partial charge on any atom is -0.494 e. The van der Waals surface area contributed by atoms with Crippen LogP contribution in [0.1, 0.15) is 18.9 Å². The van der Waals surface area contributed by atoms with E-state index in [-0.39, 0.29) is 0 Å². The Morgan fingerprint density at radius 2 is 2.00 bits per heavy atom. The van der Waals surface area contributed by atoms with Crippen molar-refractivity contribution in [3.8, 4) is 5.75 Å². The van der Waals surface area contributed by atoms with Crippen LogP contribution in [0, 0.1) is 0 Å². The SMILES string of the molecule is C=Cc1ccc(OCCC)cc1. The summed E-state index contributed by atoms with van der Waals surface area (Å²) < 4.78 is 5.42. The molecule has 0 spiro atoms. The van der Waals surface area contributed by atoms with Crippen LogP contribution >= 0.6 is 0 Å². The zero-order valence-electron chi connectivity index (χ0n) is 7.42. The van der Waals surface area contributed by atoms with E-state index in [0.29, 0.717) is 0 Å². The monoisotopic (exact) mass is 162 g/mol. The molecule has 0 unspecified atom stereocenters. The Morgan fingerprint density at radius 3 is 2.50 bits per heavy atom. The molecule has 0 aromatic heterocycles. The van der Waals surface area contributed by atoms with Gasteiger partial charge in [-0.2, -0.15) is 0 Å². The van der Waals surface area contributed by atoms with Gasteiger partial charge in [0.2, 0.25) is 0 Å². The van der Waals surface area contributed by atoms with Crippen molar-refractivity contribution in [3.63, 3.8) is 0 Å². The summed E-state index contributed by atoms with van der Waals surface area (Å²) in [4.78, 5) is 0. The number of benzene rings is 1. The summed E-state index contributed by atoms with van der Waals surface area (Å²) in [5, 5.41) is 0. The first-order chi connectivity index (χ1) is 5.86. The quantitative estimate of drug-likeness (QED) is 0.661. The van der Waals surface area contributed by atoms with Gasteiger partial charge >= 0.3 is 0 Å². The highest BCUT2D eigenvalue weighted by atomic mass is 16.5. The fourth-order valence-electron chi connectivity index (χ4n) is 0.920. The van der Waals surface area contributed by atoms with E-state index in [9.17, 15) is 0 Å². The molecule has 1 aromatic carbocycles. The second-order valence-corrected chi connectivity index (χ2v) is 2.62. The standard InChI is InChI=1S/C11H14O/c1-3-9-12-11-7-5-10(4-2)6-8-11/h4-8H,2-3,9H2,1H3. The Hall–Kier alpha value is -1.24. The molecule has 0 heterocycles. The summed E-state index contributed by atoms with van der Waals surface area (Å²) in [6, 6.07) is 7.93. The van der Waals surface area contributed by atoms with Crippen LogP contribution in [0.4, 0.5) is 0 Å². The molecule has 0 saturated carbocycles. The average molecular weight is 162 g/mol. The lowest BCUT2D eigenvalue weighted by Crippen LogP contribution is -1.94. The van der Waals surface area contributed by atoms with E-state index in [2.05, 4.69) is 13.5 Å². The lowest BCUT2D eigenvalue weighted by Gasteiger charge is -2.03. The second-order valence-electron chi connectivity index (χ2n) is 2.62. The summed E-state index contributed by atoms with van der Waals surface area (Å²) in [6.07, 6.45) is 2.87. The predicted molar refractivity (Wildman–Crippen MR) is 52.3 cm³/mol. The predicted octanol–water partition coefficient (Wildman–Crippen LogP) is 3.12. The lowest BCUT2D eigenvalue weighted by molar-refractivity contribution is 0.317. The molecular formula is C11H14O. The third kappa shape index (κ3) is 2.42. The first kappa shape index (κ1) is 8.85. The van der Waals surface area contributed by atoms with Crippen LogP contribution < -0.4 is 4.74 Å². The summed E-state index contributed by atoms with van der Waals surface area (Å²) in [5.41, 5.74) is 1.12. The Kier molecular flexibility index (Phi) is 3.39. The highest BCUT2D eigenvalue weighted by Crippen LogP contribution is 2.12. The number of rotatable bonds is 4. The molecule has 0 N–H and O–H groups in total. The van der Waals surface area contributed by atoms with Gasteiger partial charge in [0.25, 0.3) is 0 Å². The smallest absolute Gasteiger partial charge is 0.119 e. The van der Waals surface area contributed by atoms with Gasteiger partial charge in [0, 0.05) is 0 Å². The summed E-state index contributed by atoms with van der Waals surface area (Å²) in [5.74, 6) is 0.933. The zero-order chi connectivity index (χ0) is 8.81. The van der Waals surface area contributed by atoms with Crippen molar-refractivity contribution in [3.05, 3.63) is 36.4 Å². The van der Waals surface area contributed by atoms with Crippen LogP contribution in [-0.4, -0.2) is 6.61 Å². The molecule has 1 aromatic rings. The normalized spacial score (nSPS) is 9.42. The largest absolute Gasteiger partial charge is 0.494 e. The van der Waals surface area contributed by atoms with E-state index < -0.39 is 0 Å². The average Bonchev–Trinajstić information content (AvgIpc) is 2.15. The first-order valence-corrected chi connectivity index (χ1v) is 4.22. The maximum atomic E-state index is 5.42. The van der Waals surface area contributed by atoms with E-state index in [0.717, 1.165) is 24.3 Å².